The molecule has 116 valence electrons. The molecule has 0 aromatic heterocycles. The van der Waals surface area contributed by atoms with Gasteiger partial charge in [0.2, 0.25) is 0 Å². The summed E-state index contributed by atoms with van der Waals surface area (Å²) < 4.78 is 22.7. The molecule has 0 radical (unpaired) electrons. The lowest BCUT2D eigenvalue weighted by molar-refractivity contribution is -0.479. The molecule has 3 heterocycles. The second-order valence-electron chi connectivity index (χ2n) is 7.41. The van der Waals surface area contributed by atoms with Crippen molar-refractivity contribution in [1.29, 1.82) is 0 Å². The number of aliphatic hydroxyl groups is 2. The van der Waals surface area contributed by atoms with Gasteiger partial charge in [-0.3, -0.25) is 0 Å². The molecule has 0 aromatic rings. The quantitative estimate of drug-likeness (QED) is 0.727. The third kappa shape index (κ3) is 2.07. The van der Waals surface area contributed by atoms with Crippen molar-refractivity contribution in [1.82, 2.24) is 0 Å². The Morgan fingerprint density at radius 1 is 0.900 bits per heavy atom. The summed E-state index contributed by atoms with van der Waals surface area (Å²) in [4.78, 5) is 0. The van der Waals surface area contributed by atoms with Crippen molar-refractivity contribution in [3.05, 3.63) is 0 Å². The monoisotopic (exact) mass is 304 g/mol. The molecule has 3 saturated heterocycles. The van der Waals surface area contributed by atoms with Crippen molar-refractivity contribution in [3.63, 3.8) is 0 Å². The lowest BCUT2D eigenvalue weighted by Crippen LogP contribution is -2.76. The zero-order valence-electron chi connectivity index (χ0n) is 12.6. The molecule has 2 N–H and O–H groups in total. The smallest absolute Gasteiger partial charge is 0.272 e. The van der Waals surface area contributed by atoms with Crippen molar-refractivity contribution < 1.29 is 28.8 Å². The molecule has 4 fully saturated rings. The van der Waals surface area contributed by atoms with Gasteiger partial charge in [0.05, 0.1) is 0 Å². The molecule has 1 saturated carbocycles. The summed E-state index contributed by atoms with van der Waals surface area (Å²) in [5, 5.41) is 20.5. The minimum absolute atomic E-state index is 0.0358. The highest BCUT2D eigenvalue weighted by molar-refractivity contribution is 6.74. The van der Waals surface area contributed by atoms with Crippen LogP contribution in [0.3, 0.4) is 0 Å². The predicted octanol–water partition coefficient (Wildman–Crippen LogP) is 0.579. The lowest BCUT2D eigenvalue weighted by atomic mass is 9.83. The number of hydrogen-bond donors (Lipinski definition) is 2. The van der Waals surface area contributed by atoms with Gasteiger partial charge in [-0.2, -0.15) is 0 Å². The molecular formula is C13H24O6Si. The van der Waals surface area contributed by atoms with Crippen LogP contribution in [-0.4, -0.2) is 61.6 Å². The number of ether oxygens (including phenoxy) is 3. The molecule has 4 unspecified atom stereocenters. The summed E-state index contributed by atoms with van der Waals surface area (Å²) in [7, 11) is -2.05. The van der Waals surface area contributed by atoms with E-state index in [1.165, 1.54) is 0 Å². The van der Waals surface area contributed by atoms with Gasteiger partial charge >= 0.3 is 0 Å². The standard InChI is InChI=1S/C13H24O6Si/c1-13(2,3)20(4,5)19-11-9-6(14)8-7(15)10(11)18-12(16-8)17-9/h6-12,14-15H,1-5H3. The predicted molar refractivity (Wildman–Crippen MR) is 72.5 cm³/mol. The third-order valence-electron chi connectivity index (χ3n) is 5.04. The van der Waals surface area contributed by atoms with Gasteiger partial charge in [-0.1, -0.05) is 20.8 Å². The molecule has 7 heteroatoms. The first-order valence-corrected chi connectivity index (χ1v) is 10.0. The van der Waals surface area contributed by atoms with E-state index in [2.05, 4.69) is 33.9 Å². The van der Waals surface area contributed by atoms with Crippen LogP contribution in [0.25, 0.3) is 0 Å². The van der Waals surface area contributed by atoms with E-state index < -0.39 is 51.4 Å². The van der Waals surface area contributed by atoms with Crippen LogP contribution in [0, 0.1) is 0 Å². The van der Waals surface area contributed by atoms with E-state index in [-0.39, 0.29) is 5.04 Å². The van der Waals surface area contributed by atoms with Crippen molar-refractivity contribution in [2.24, 2.45) is 0 Å². The van der Waals surface area contributed by atoms with Crippen LogP contribution in [-0.2, 0) is 18.6 Å². The Hall–Kier alpha value is -0.0231. The van der Waals surface area contributed by atoms with Gasteiger partial charge in [0, 0.05) is 0 Å². The van der Waals surface area contributed by atoms with E-state index in [0.717, 1.165) is 0 Å². The molecule has 4 rings (SSSR count). The largest absolute Gasteiger partial charge is 0.408 e. The minimum atomic E-state index is -2.05. The van der Waals surface area contributed by atoms with E-state index >= 15 is 0 Å². The van der Waals surface area contributed by atoms with Gasteiger partial charge in [0.15, 0.2) is 8.32 Å². The maximum Gasteiger partial charge on any atom is 0.272 e. The molecule has 1 aliphatic carbocycles. The fraction of sp³-hybridized carbons (Fsp3) is 1.00. The Morgan fingerprint density at radius 2 is 1.35 bits per heavy atom. The highest BCUT2D eigenvalue weighted by Crippen LogP contribution is 2.45. The highest BCUT2D eigenvalue weighted by Gasteiger charge is 2.63. The zero-order valence-corrected chi connectivity index (χ0v) is 13.6. The van der Waals surface area contributed by atoms with Crippen LogP contribution in [0.2, 0.25) is 18.1 Å². The van der Waals surface area contributed by atoms with Gasteiger partial charge in [0.25, 0.3) is 6.48 Å². The number of hydrogen-bond acceptors (Lipinski definition) is 6. The van der Waals surface area contributed by atoms with E-state index in [1.807, 2.05) is 0 Å². The van der Waals surface area contributed by atoms with E-state index in [0.29, 0.717) is 0 Å². The average molecular weight is 304 g/mol. The number of aliphatic hydroxyl groups excluding tert-OH is 2. The van der Waals surface area contributed by atoms with E-state index in [9.17, 15) is 10.2 Å². The molecular weight excluding hydrogens is 280 g/mol. The first kappa shape index (κ1) is 14.9. The molecule has 4 aliphatic rings. The van der Waals surface area contributed by atoms with Crippen molar-refractivity contribution in [2.45, 2.75) is 82.0 Å². The molecule has 4 atom stereocenters. The highest BCUT2D eigenvalue weighted by atomic mass is 28.4. The van der Waals surface area contributed by atoms with E-state index in [4.69, 9.17) is 18.6 Å². The molecule has 0 spiro atoms. The van der Waals surface area contributed by atoms with Gasteiger partial charge in [-0.15, -0.1) is 0 Å². The Kier molecular flexibility index (Phi) is 3.34. The van der Waals surface area contributed by atoms with E-state index in [1.54, 1.807) is 0 Å². The molecule has 20 heavy (non-hydrogen) atoms. The van der Waals surface area contributed by atoms with Crippen molar-refractivity contribution >= 4 is 8.32 Å². The van der Waals surface area contributed by atoms with Crippen LogP contribution in [0.4, 0.5) is 0 Å². The SMILES string of the molecule is CC(C)(C)[Si](C)(C)OC1C2OC3OC(C2O)C(O)C1O3. The summed E-state index contributed by atoms with van der Waals surface area (Å²) in [6, 6.07) is 0. The van der Waals surface area contributed by atoms with Crippen LogP contribution in [0.15, 0.2) is 0 Å². The lowest BCUT2D eigenvalue weighted by Gasteiger charge is -2.58. The third-order valence-corrected chi connectivity index (χ3v) is 9.51. The van der Waals surface area contributed by atoms with Crippen molar-refractivity contribution in [3.8, 4) is 0 Å². The van der Waals surface area contributed by atoms with Gasteiger partial charge < -0.3 is 28.8 Å². The molecule has 3 aliphatic heterocycles. The van der Waals surface area contributed by atoms with Gasteiger partial charge in [-0.05, 0) is 18.1 Å². The summed E-state index contributed by atoms with van der Waals surface area (Å²) in [5.74, 6) is 0. The fourth-order valence-corrected chi connectivity index (χ4v) is 4.06. The molecule has 6 nitrogen and oxygen atoms in total. The first-order chi connectivity index (χ1) is 9.12. The summed E-state index contributed by atoms with van der Waals surface area (Å²) in [5.41, 5.74) is 0. The summed E-state index contributed by atoms with van der Waals surface area (Å²) in [6.07, 6.45) is -3.83. The van der Waals surface area contributed by atoms with Crippen LogP contribution >= 0.6 is 0 Å². The summed E-state index contributed by atoms with van der Waals surface area (Å²) in [6.45, 7) is 9.91. The molecule has 0 aromatic carbocycles. The maximum atomic E-state index is 10.2. The topological polar surface area (TPSA) is 77.4 Å². The minimum Gasteiger partial charge on any atom is -0.408 e. The Labute approximate surface area is 120 Å². The normalized spacial score (nSPS) is 47.9. The average Bonchev–Trinajstić information content (AvgIpc) is 2.32. The molecule has 4 bridgehead atoms. The number of rotatable bonds is 2. The maximum absolute atomic E-state index is 10.2. The van der Waals surface area contributed by atoms with Gasteiger partial charge in [0.1, 0.15) is 36.6 Å². The van der Waals surface area contributed by atoms with Crippen LogP contribution < -0.4 is 0 Å². The Morgan fingerprint density at radius 3 is 1.80 bits per heavy atom. The molecule has 0 amide bonds. The zero-order chi connectivity index (χ0) is 14.9. The van der Waals surface area contributed by atoms with Crippen molar-refractivity contribution in [2.75, 3.05) is 0 Å². The van der Waals surface area contributed by atoms with Gasteiger partial charge in [-0.25, -0.2) is 0 Å². The summed E-state index contributed by atoms with van der Waals surface area (Å²) >= 11 is 0. The Balaban J connectivity index is 1.84. The second kappa shape index (κ2) is 4.49. The van der Waals surface area contributed by atoms with Crippen LogP contribution in [0.1, 0.15) is 20.8 Å². The first-order valence-electron chi connectivity index (χ1n) is 7.12. The van der Waals surface area contributed by atoms with Crippen LogP contribution in [0.5, 0.6) is 0 Å². The second-order valence-corrected chi connectivity index (χ2v) is 12.2. The fourth-order valence-electron chi connectivity index (χ4n) is 2.76. The Bertz CT molecular complexity index is 375.